The maximum atomic E-state index is 5.80. The lowest BCUT2D eigenvalue weighted by Crippen LogP contribution is -2.04. The minimum Gasteiger partial charge on any atom is -0.490 e. The minimum atomic E-state index is 0.169. The first-order valence-electron chi connectivity index (χ1n) is 7.91. The minimum absolute atomic E-state index is 0.169. The molecule has 0 unspecified atom stereocenters. The van der Waals surface area contributed by atoms with Gasteiger partial charge in [0, 0.05) is 5.56 Å². The summed E-state index contributed by atoms with van der Waals surface area (Å²) in [6, 6.07) is 3.81. The number of ether oxygens (including phenoxy) is 2. The first kappa shape index (κ1) is 18.1. The van der Waals surface area contributed by atoms with Gasteiger partial charge >= 0.3 is 0 Å². The number of hydrogen-bond acceptors (Lipinski definition) is 5. The van der Waals surface area contributed by atoms with Crippen molar-refractivity contribution in [1.29, 1.82) is 0 Å². The number of anilines is 1. The number of benzene rings is 1. The van der Waals surface area contributed by atoms with Gasteiger partial charge in [0.05, 0.1) is 24.7 Å². The molecule has 25 heavy (non-hydrogen) atoms. The van der Waals surface area contributed by atoms with Crippen LogP contribution in [0.3, 0.4) is 0 Å². The van der Waals surface area contributed by atoms with Crippen molar-refractivity contribution in [2.45, 2.75) is 20.3 Å². The molecule has 0 radical (unpaired) electrons. The van der Waals surface area contributed by atoms with Crippen molar-refractivity contribution in [1.82, 2.24) is 9.66 Å². The summed E-state index contributed by atoms with van der Waals surface area (Å²) in [5.41, 5.74) is 8.37. The molecule has 1 aromatic carbocycles. The van der Waals surface area contributed by atoms with Gasteiger partial charge in [-0.05, 0) is 38.0 Å². The van der Waals surface area contributed by atoms with E-state index in [4.69, 9.17) is 21.6 Å². The maximum absolute atomic E-state index is 5.80. The van der Waals surface area contributed by atoms with Gasteiger partial charge in [-0.3, -0.25) is 0 Å². The third-order valence-electron chi connectivity index (χ3n) is 3.28. The molecule has 0 aliphatic heterocycles. The van der Waals surface area contributed by atoms with Crippen molar-refractivity contribution >= 4 is 12.2 Å². The second kappa shape index (κ2) is 8.60. The van der Waals surface area contributed by atoms with Crippen LogP contribution < -0.4 is 15.2 Å². The summed E-state index contributed by atoms with van der Waals surface area (Å²) in [4.78, 5) is 4.12. The van der Waals surface area contributed by atoms with Gasteiger partial charge in [-0.15, -0.1) is 13.0 Å². The highest BCUT2D eigenvalue weighted by atomic mass is 16.5. The number of aromatic nitrogens is 2. The molecule has 0 aliphatic rings. The Kier molecular flexibility index (Phi) is 6.24. The number of nitrogens with two attached hydrogens (primary N) is 1. The number of nitrogen functional groups attached to an aromatic ring is 1. The number of hydrogen-bond donors (Lipinski definition) is 1. The van der Waals surface area contributed by atoms with Crippen LogP contribution in [0.1, 0.15) is 23.7 Å². The highest BCUT2D eigenvalue weighted by Gasteiger charge is 2.12. The van der Waals surface area contributed by atoms with Crippen molar-refractivity contribution in [3.8, 4) is 23.8 Å². The van der Waals surface area contributed by atoms with Crippen molar-refractivity contribution in [3.05, 3.63) is 47.8 Å². The zero-order valence-electron chi connectivity index (χ0n) is 14.5. The average Bonchev–Trinajstić information content (AvgIpc) is 2.90. The van der Waals surface area contributed by atoms with Crippen molar-refractivity contribution in [3.63, 3.8) is 0 Å². The van der Waals surface area contributed by atoms with Crippen LogP contribution in [0.2, 0.25) is 0 Å². The van der Waals surface area contributed by atoms with Crippen LogP contribution in [0.4, 0.5) is 5.95 Å². The van der Waals surface area contributed by atoms with Crippen molar-refractivity contribution in [2.24, 2.45) is 5.10 Å². The van der Waals surface area contributed by atoms with Gasteiger partial charge in [-0.2, -0.15) is 5.10 Å². The molecule has 2 aromatic rings. The summed E-state index contributed by atoms with van der Waals surface area (Å²) in [6.07, 6.45) is 11.2. The molecule has 0 spiro atoms. The number of nitrogens with zero attached hydrogens (tertiary/aromatic N) is 3. The molecule has 6 heteroatoms. The number of terminal acetylenes is 1. The van der Waals surface area contributed by atoms with Gasteiger partial charge in [0.1, 0.15) is 6.61 Å². The largest absolute Gasteiger partial charge is 0.490 e. The summed E-state index contributed by atoms with van der Waals surface area (Å²) in [5, 5.41) is 4.34. The van der Waals surface area contributed by atoms with E-state index in [1.165, 1.54) is 4.68 Å². The van der Waals surface area contributed by atoms with Gasteiger partial charge in [0.15, 0.2) is 11.5 Å². The molecule has 1 aromatic heterocycles. The Balaban J connectivity index is 2.42. The zero-order valence-corrected chi connectivity index (χ0v) is 14.5. The molecule has 130 valence electrons. The summed E-state index contributed by atoms with van der Waals surface area (Å²) < 4.78 is 12.9. The van der Waals surface area contributed by atoms with E-state index in [1.54, 1.807) is 18.5 Å². The SMILES string of the molecule is C#CCOc1c(CC=C)cc(C=Nn2cc(C)nc2N)cc1OCC. The second-order valence-corrected chi connectivity index (χ2v) is 5.26. The molecule has 0 saturated heterocycles. The van der Waals surface area contributed by atoms with Gasteiger partial charge in [0.2, 0.25) is 5.95 Å². The zero-order chi connectivity index (χ0) is 18.2. The Bertz CT molecular complexity index is 816. The molecule has 0 fully saturated rings. The molecule has 1 heterocycles. The summed E-state index contributed by atoms with van der Waals surface area (Å²) in [5.74, 6) is 4.06. The van der Waals surface area contributed by atoms with Crippen LogP contribution in [0, 0.1) is 19.3 Å². The smallest absolute Gasteiger partial charge is 0.221 e. The molecule has 0 atom stereocenters. The molecule has 2 N–H and O–H groups in total. The van der Waals surface area contributed by atoms with E-state index in [0.717, 1.165) is 16.8 Å². The predicted octanol–water partition coefficient (Wildman–Crippen LogP) is 2.80. The maximum Gasteiger partial charge on any atom is 0.221 e. The highest BCUT2D eigenvalue weighted by molar-refractivity contribution is 5.81. The normalized spacial score (nSPS) is 10.6. The molecule has 0 amide bonds. The third kappa shape index (κ3) is 4.64. The first-order valence-corrected chi connectivity index (χ1v) is 7.91. The van der Waals surface area contributed by atoms with Gasteiger partial charge in [0.25, 0.3) is 0 Å². The fourth-order valence-corrected chi connectivity index (χ4v) is 2.33. The topological polar surface area (TPSA) is 74.7 Å². The van der Waals surface area contributed by atoms with Crippen molar-refractivity contribution < 1.29 is 9.47 Å². The number of imidazole rings is 1. The van der Waals surface area contributed by atoms with E-state index in [9.17, 15) is 0 Å². The summed E-state index contributed by atoms with van der Waals surface area (Å²) >= 11 is 0. The van der Waals surface area contributed by atoms with Gasteiger partial charge in [-0.1, -0.05) is 12.0 Å². The van der Waals surface area contributed by atoms with E-state index < -0.39 is 0 Å². The quantitative estimate of drug-likeness (QED) is 0.456. The molecule has 0 aliphatic carbocycles. The molecule has 0 bridgehead atoms. The number of allylic oxidation sites excluding steroid dienone is 1. The second-order valence-electron chi connectivity index (χ2n) is 5.26. The van der Waals surface area contributed by atoms with Crippen LogP contribution >= 0.6 is 0 Å². The summed E-state index contributed by atoms with van der Waals surface area (Å²) in [6.45, 7) is 8.24. The lowest BCUT2D eigenvalue weighted by atomic mass is 10.1. The Morgan fingerprint density at radius 3 is 2.84 bits per heavy atom. The Labute approximate surface area is 148 Å². The van der Waals surface area contributed by atoms with Crippen LogP contribution in [0.5, 0.6) is 11.5 Å². The molecular formula is C19H22N4O2. The molecule has 6 nitrogen and oxygen atoms in total. The van der Waals surface area contributed by atoms with Crippen LogP contribution in [0.15, 0.2) is 36.1 Å². The van der Waals surface area contributed by atoms with Crippen molar-refractivity contribution in [2.75, 3.05) is 18.9 Å². The van der Waals surface area contributed by atoms with Crippen LogP contribution in [0.25, 0.3) is 0 Å². The Morgan fingerprint density at radius 2 is 2.24 bits per heavy atom. The monoisotopic (exact) mass is 338 g/mol. The highest BCUT2D eigenvalue weighted by Crippen LogP contribution is 2.33. The van der Waals surface area contributed by atoms with Gasteiger partial charge < -0.3 is 15.2 Å². The summed E-state index contributed by atoms with van der Waals surface area (Å²) in [7, 11) is 0. The lowest BCUT2D eigenvalue weighted by Gasteiger charge is -2.15. The number of aryl methyl sites for hydroxylation is 1. The van der Waals surface area contributed by atoms with E-state index in [0.29, 0.717) is 30.5 Å². The Morgan fingerprint density at radius 1 is 1.44 bits per heavy atom. The van der Waals surface area contributed by atoms with E-state index in [-0.39, 0.29) is 6.61 Å². The third-order valence-corrected chi connectivity index (χ3v) is 3.28. The van der Waals surface area contributed by atoms with Gasteiger partial charge in [-0.25, -0.2) is 9.66 Å². The average molecular weight is 338 g/mol. The fraction of sp³-hybridized carbons (Fsp3) is 0.263. The molecular weight excluding hydrogens is 316 g/mol. The predicted molar refractivity (Wildman–Crippen MR) is 100 cm³/mol. The van der Waals surface area contributed by atoms with E-state index in [2.05, 4.69) is 22.6 Å². The molecule has 0 saturated carbocycles. The first-order chi connectivity index (χ1) is 12.1. The fourth-order valence-electron chi connectivity index (χ4n) is 2.33. The van der Waals surface area contributed by atoms with E-state index in [1.807, 2.05) is 26.0 Å². The van der Waals surface area contributed by atoms with Crippen LogP contribution in [-0.2, 0) is 6.42 Å². The number of rotatable bonds is 8. The lowest BCUT2D eigenvalue weighted by molar-refractivity contribution is 0.297. The van der Waals surface area contributed by atoms with Crippen LogP contribution in [-0.4, -0.2) is 29.1 Å². The molecule has 2 rings (SSSR count). The standard InChI is InChI=1S/C19H22N4O2/c1-5-8-16-10-15(12-21-23-13-14(4)22-19(23)20)11-17(24-7-3)18(16)25-9-6-2/h2,5,10-13H,1,7-9H2,3-4H3,(H2,20,22). The Hall–Kier alpha value is -3.20. The van der Waals surface area contributed by atoms with E-state index >= 15 is 0 Å².